The van der Waals surface area contributed by atoms with E-state index in [0.717, 1.165) is 31.5 Å². The maximum atomic E-state index is 12.8. The number of carbonyl (C=O) groups excluding carboxylic acids is 2. The number of amides is 1. The molecule has 2 aromatic carbocycles. The molecule has 0 bridgehead atoms. The van der Waals surface area contributed by atoms with Crippen LogP contribution in [-0.2, 0) is 4.79 Å². The molecule has 1 fully saturated rings. The Hall–Kier alpha value is -2.46. The quantitative estimate of drug-likeness (QED) is 0.937. The first-order chi connectivity index (χ1) is 12.2. The number of hydrogen-bond acceptors (Lipinski definition) is 3. The molecular formula is C21H22N2O2. The Kier molecular flexibility index (Phi) is 4.36. The lowest BCUT2D eigenvalue weighted by molar-refractivity contribution is -0.127. The van der Waals surface area contributed by atoms with E-state index in [9.17, 15) is 9.59 Å². The summed E-state index contributed by atoms with van der Waals surface area (Å²) >= 11 is 0. The minimum atomic E-state index is -0.360. The molecule has 0 spiro atoms. The van der Waals surface area contributed by atoms with E-state index in [1.54, 1.807) is 0 Å². The summed E-state index contributed by atoms with van der Waals surface area (Å²) in [5.41, 5.74) is 5.95. The second kappa shape index (κ2) is 6.81. The van der Waals surface area contributed by atoms with Gasteiger partial charge in [-0.1, -0.05) is 54.6 Å². The van der Waals surface area contributed by atoms with E-state index in [2.05, 4.69) is 29.7 Å². The van der Waals surface area contributed by atoms with E-state index in [1.807, 2.05) is 35.3 Å². The highest BCUT2D eigenvalue weighted by Gasteiger charge is 2.35. The van der Waals surface area contributed by atoms with Crippen LogP contribution < -0.4 is 5.43 Å². The fourth-order valence-electron chi connectivity index (χ4n) is 4.00. The van der Waals surface area contributed by atoms with Crippen LogP contribution in [0.3, 0.4) is 0 Å². The number of fused-ring (bicyclic) bond motifs is 1. The lowest BCUT2D eigenvalue weighted by Crippen LogP contribution is -2.48. The Labute approximate surface area is 147 Å². The second-order valence-corrected chi connectivity index (χ2v) is 6.94. The van der Waals surface area contributed by atoms with Crippen LogP contribution in [-0.4, -0.2) is 29.8 Å². The van der Waals surface area contributed by atoms with Gasteiger partial charge >= 0.3 is 0 Å². The van der Waals surface area contributed by atoms with E-state index in [0.29, 0.717) is 11.5 Å². The molecule has 2 aliphatic rings. The molecule has 1 N–H and O–H groups in total. The molecule has 2 atom stereocenters. The second-order valence-electron chi connectivity index (χ2n) is 6.94. The minimum absolute atomic E-state index is 0.0630. The first kappa shape index (κ1) is 16.0. The number of rotatable bonds is 3. The van der Waals surface area contributed by atoms with Crippen molar-refractivity contribution in [3.05, 3.63) is 71.3 Å². The highest BCUT2D eigenvalue weighted by molar-refractivity contribution is 6.06. The van der Waals surface area contributed by atoms with Gasteiger partial charge in [0.1, 0.15) is 0 Å². The summed E-state index contributed by atoms with van der Waals surface area (Å²) in [4.78, 5) is 24.9. The molecule has 4 nitrogen and oxygen atoms in total. The van der Waals surface area contributed by atoms with Crippen LogP contribution in [0, 0.1) is 0 Å². The summed E-state index contributed by atoms with van der Waals surface area (Å²) < 4.78 is 0. The summed E-state index contributed by atoms with van der Waals surface area (Å²) in [6.07, 6.45) is 2.47. The molecule has 25 heavy (non-hydrogen) atoms. The third kappa shape index (κ3) is 3.22. The van der Waals surface area contributed by atoms with Crippen molar-refractivity contribution in [3.63, 3.8) is 0 Å². The van der Waals surface area contributed by atoms with Crippen molar-refractivity contribution < 1.29 is 9.59 Å². The zero-order valence-electron chi connectivity index (χ0n) is 14.2. The van der Waals surface area contributed by atoms with Gasteiger partial charge in [-0.05, 0) is 29.9 Å². The fourth-order valence-corrected chi connectivity index (χ4v) is 4.00. The molecule has 1 heterocycles. The maximum absolute atomic E-state index is 12.8. The van der Waals surface area contributed by atoms with Crippen LogP contribution >= 0.6 is 0 Å². The minimum Gasteiger partial charge on any atom is -0.294 e. The summed E-state index contributed by atoms with van der Waals surface area (Å²) in [5, 5.41) is 2.02. The number of benzene rings is 2. The van der Waals surface area contributed by atoms with Gasteiger partial charge < -0.3 is 0 Å². The van der Waals surface area contributed by atoms with Crippen molar-refractivity contribution in [2.75, 3.05) is 13.1 Å². The van der Waals surface area contributed by atoms with Crippen molar-refractivity contribution in [1.29, 1.82) is 0 Å². The average Bonchev–Trinajstić information content (AvgIpc) is 3.00. The SMILES string of the molecule is O=C1CC(C(=O)NN2CCCC(c3ccccc3)C2)c2ccccc21. The van der Waals surface area contributed by atoms with Gasteiger partial charge in [-0.25, -0.2) is 5.01 Å². The van der Waals surface area contributed by atoms with E-state index < -0.39 is 0 Å². The Bertz CT molecular complexity index is 787. The van der Waals surface area contributed by atoms with Crippen LogP contribution in [0.5, 0.6) is 0 Å². The maximum Gasteiger partial charge on any atom is 0.242 e. The molecule has 0 radical (unpaired) electrons. The molecule has 4 heteroatoms. The number of ketones is 1. The van der Waals surface area contributed by atoms with Crippen LogP contribution in [0.2, 0.25) is 0 Å². The molecule has 0 saturated carbocycles. The van der Waals surface area contributed by atoms with Gasteiger partial charge in [-0.15, -0.1) is 0 Å². The van der Waals surface area contributed by atoms with Gasteiger partial charge in [0.05, 0.1) is 5.92 Å². The predicted molar refractivity (Wildman–Crippen MR) is 96.3 cm³/mol. The Morgan fingerprint density at radius 3 is 2.64 bits per heavy atom. The van der Waals surface area contributed by atoms with E-state index in [4.69, 9.17) is 0 Å². The molecule has 128 valence electrons. The Morgan fingerprint density at radius 1 is 1.04 bits per heavy atom. The van der Waals surface area contributed by atoms with Crippen molar-refractivity contribution >= 4 is 11.7 Å². The van der Waals surface area contributed by atoms with Crippen LogP contribution in [0.4, 0.5) is 0 Å². The Balaban J connectivity index is 1.44. The molecule has 4 rings (SSSR count). The number of Topliss-reactive ketones (excluding diaryl/α,β-unsaturated/α-hetero) is 1. The third-order valence-electron chi connectivity index (χ3n) is 5.30. The summed E-state index contributed by atoms with van der Waals surface area (Å²) in [7, 11) is 0. The summed E-state index contributed by atoms with van der Waals surface area (Å²) in [6, 6.07) is 17.9. The standard InChI is InChI=1S/C21H22N2O2/c24-20-13-19(17-10-4-5-11-18(17)20)21(25)22-23-12-6-9-16(14-23)15-7-2-1-3-8-15/h1-5,7-8,10-11,16,19H,6,9,12-14H2,(H,22,25). The largest absolute Gasteiger partial charge is 0.294 e. The number of hydrazine groups is 1. The van der Waals surface area contributed by atoms with Crippen LogP contribution in [0.1, 0.15) is 52.6 Å². The van der Waals surface area contributed by atoms with Crippen LogP contribution in [0.25, 0.3) is 0 Å². The lowest BCUT2D eigenvalue weighted by Gasteiger charge is -2.33. The monoisotopic (exact) mass is 334 g/mol. The van der Waals surface area contributed by atoms with E-state index >= 15 is 0 Å². The van der Waals surface area contributed by atoms with Gasteiger partial charge in [0.15, 0.2) is 5.78 Å². The number of carbonyl (C=O) groups is 2. The highest BCUT2D eigenvalue weighted by atomic mass is 16.2. The highest BCUT2D eigenvalue weighted by Crippen LogP contribution is 2.33. The molecule has 1 aliphatic heterocycles. The van der Waals surface area contributed by atoms with Gasteiger partial charge in [0, 0.05) is 25.1 Å². The zero-order chi connectivity index (χ0) is 17.2. The van der Waals surface area contributed by atoms with Crippen molar-refractivity contribution in [2.24, 2.45) is 0 Å². The van der Waals surface area contributed by atoms with Crippen molar-refractivity contribution in [2.45, 2.75) is 31.1 Å². The Morgan fingerprint density at radius 2 is 1.80 bits per heavy atom. The number of nitrogens with zero attached hydrogens (tertiary/aromatic N) is 1. The normalized spacial score (nSPS) is 23.3. The molecule has 0 aromatic heterocycles. The van der Waals surface area contributed by atoms with Gasteiger partial charge in [-0.3, -0.25) is 15.0 Å². The van der Waals surface area contributed by atoms with Gasteiger partial charge in [-0.2, -0.15) is 0 Å². The number of nitrogens with one attached hydrogen (secondary N) is 1. The third-order valence-corrected chi connectivity index (χ3v) is 5.30. The average molecular weight is 334 g/mol. The van der Waals surface area contributed by atoms with E-state index in [-0.39, 0.29) is 24.0 Å². The number of piperidine rings is 1. The smallest absolute Gasteiger partial charge is 0.242 e. The van der Waals surface area contributed by atoms with Gasteiger partial charge in [0.2, 0.25) is 5.91 Å². The molecule has 2 aromatic rings. The van der Waals surface area contributed by atoms with Gasteiger partial charge in [0.25, 0.3) is 0 Å². The number of hydrogen-bond donors (Lipinski definition) is 1. The fraction of sp³-hybridized carbons (Fsp3) is 0.333. The topological polar surface area (TPSA) is 49.4 Å². The molecule has 1 aliphatic carbocycles. The van der Waals surface area contributed by atoms with Crippen molar-refractivity contribution in [3.8, 4) is 0 Å². The molecule has 2 unspecified atom stereocenters. The first-order valence-electron chi connectivity index (χ1n) is 8.95. The van der Waals surface area contributed by atoms with Crippen LogP contribution in [0.15, 0.2) is 54.6 Å². The van der Waals surface area contributed by atoms with Crippen molar-refractivity contribution in [1.82, 2.24) is 10.4 Å². The van der Waals surface area contributed by atoms with E-state index in [1.165, 1.54) is 5.56 Å². The summed E-state index contributed by atoms with van der Waals surface area (Å²) in [6.45, 7) is 1.68. The first-order valence-corrected chi connectivity index (χ1v) is 8.95. The predicted octanol–water partition coefficient (Wildman–Crippen LogP) is 3.27. The molecule has 1 saturated heterocycles. The lowest BCUT2D eigenvalue weighted by atomic mass is 9.91. The molecular weight excluding hydrogens is 312 g/mol. The molecule has 1 amide bonds. The summed E-state index contributed by atoms with van der Waals surface area (Å²) in [5.74, 6) is 0.0807. The zero-order valence-corrected chi connectivity index (χ0v) is 14.2.